The van der Waals surface area contributed by atoms with Crippen LogP contribution in [0.1, 0.15) is 40.5 Å². The lowest BCUT2D eigenvalue weighted by Crippen LogP contribution is -2.44. The lowest BCUT2D eigenvalue weighted by molar-refractivity contribution is -0.128. The van der Waals surface area contributed by atoms with Crippen molar-refractivity contribution in [3.63, 3.8) is 0 Å². The van der Waals surface area contributed by atoms with Crippen molar-refractivity contribution in [2.75, 3.05) is 32.7 Å². The fraction of sp³-hybridized carbons (Fsp3) is 0.867. The van der Waals surface area contributed by atoms with Crippen LogP contribution in [-0.2, 0) is 4.79 Å². The highest BCUT2D eigenvalue weighted by Crippen LogP contribution is 2.16. The quantitative estimate of drug-likeness (QED) is 0.325. The number of amides is 1. The molecule has 1 aliphatic rings. The molecule has 0 radical (unpaired) electrons. The smallest absolute Gasteiger partial charge is 0.227 e. The zero-order chi connectivity index (χ0) is 15.9. The van der Waals surface area contributed by atoms with Gasteiger partial charge >= 0.3 is 0 Å². The van der Waals surface area contributed by atoms with Crippen LogP contribution in [0.3, 0.4) is 0 Å². The molecule has 22 heavy (non-hydrogen) atoms. The molecule has 0 aromatic carbocycles. The summed E-state index contributed by atoms with van der Waals surface area (Å²) in [5, 5.41) is 6.01. The van der Waals surface area contributed by atoms with Crippen LogP contribution >= 0.6 is 24.0 Å². The van der Waals surface area contributed by atoms with Crippen molar-refractivity contribution in [3.05, 3.63) is 0 Å². The van der Waals surface area contributed by atoms with Crippen LogP contribution in [0, 0.1) is 5.41 Å². The van der Waals surface area contributed by atoms with Crippen molar-refractivity contribution in [1.82, 2.24) is 15.5 Å². The van der Waals surface area contributed by atoms with E-state index in [1.807, 2.05) is 20.8 Å². The molecule has 0 aromatic heterocycles. The molecule has 0 bridgehead atoms. The first-order valence-electron chi connectivity index (χ1n) is 7.96. The number of hydrogen-bond donors (Lipinski definition) is 3. The Kier molecular flexibility index (Phi) is 9.99. The molecule has 6 nitrogen and oxygen atoms in total. The molecule has 1 atom stereocenters. The molecule has 0 spiro atoms. The van der Waals surface area contributed by atoms with Gasteiger partial charge in [-0.2, -0.15) is 0 Å². The van der Waals surface area contributed by atoms with E-state index in [9.17, 15) is 4.79 Å². The van der Waals surface area contributed by atoms with Gasteiger partial charge in [-0.25, -0.2) is 0 Å². The minimum Gasteiger partial charge on any atom is -0.370 e. The van der Waals surface area contributed by atoms with Crippen LogP contribution in [0.4, 0.5) is 0 Å². The SMILES string of the molecule is CCNC(=O)C(C)(C)CN=C(N)NCC1CCCN1CC.I. The van der Waals surface area contributed by atoms with Gasteiger partial charge in [-0.15, -0.1) is 24.0 Å². The normalized spacial score (nSPS) is 19.6. The number of likely N-dealkylation sites (N-methyl/N-ethyl adjacent to an activating group) is 1. The van der Waals surface area contributed by atoms with Gasteiger partial charge < -0.3 is 16.4 Å². The standard InChI is InChI=1S/C15H31N5O.HI/c1-5-17-13(21)15(3,4)11-19-14(16)18-10-12-8-7-9-20(12)6-2;/h12H,5-11H2,1-4H3,(H,17,21)(H3,16,18,19);1H. The first-order valence-corrected chi connectivity index (χ1v) is 7.96. The van der Waals surface area contributed by atoms with Gasteiger partial charge in [-0.3, -0.25) is 14.7 Å². The second-order valence-electron chi connectivity index (χ2n) is 6.25. The summed E-state index contributed by atoms with van der Waals surface area (Å²) in [5.74, 6) is 0.435. The lowest BCUT2D eigenvalue weighted by atomic mass is 9.92. The van der Waals surface area contributed by atoms with E-state index in [0.717, 1.165) is 13.1 Å². The molecule has 1 amide bonds. The highest BCUT2D eigenvalue weighted by Gasteiger charge is 2.27. The average Bonchev–Trinajstić information content (AvgIpc) is 2.90. The summed E-state index contributed by atoms with van der Waals surface area (Å²) in [6.07, 6.45) is 2.46. The van der Waals surface area contributed by atoms with Gasteiger partial charge in [0.25, 0.3) is 0 Å². The first-order chi connectivity index (χ1) is 9.90. The van der Waals surface area contributed by atoms with Crippen LogP contribution in [0.15, 0.2) is 4.99 Å². The molecule has 1 fully saturated rings. The molecule has 130 valence electrons. The molecule has 1 rings (SSSR count). The Hall–Kier alpha value is -0.570. The number of likely N-dealkylation sites (tertiary alicyclic amines) is 1. The summed E-state index contributed by atoms with van der Waals surface area (Å²) >= 11 is 0. The Labute approximate surface area is 151 Å². The lowest BCUT2D eigenvalue weighted by Gasteiger charge is -2.24. The predicted octanol–water partition coefficient (Wildman–Crippen LogP) is 1.16. The van der Waals surface area contributed by atoms with E-state index in [2.05, 4.69) is 27.4 Å². The third-order valence-electron chi connectivity index (χ3n) is 4.02. The summed E-state index contributed by atoms with van der Waals surface area (Å²) in [5.41, 5.74) is 5.37. The molecule has 0 aromatic rings. The van der Waals surface area contributed by atoms with Crippen LogP contribution in [-0.4, -0.2) is 55.5 Å². The fourth-order valence-electron chi connectivity index (χ4n) is 2.58. The number of rotatable bonds is 7. The van der Waals surface area contributed by atoms with Gasteiger partial charge in [0.1, 0.15) is 0 Å². The van der Waals surface area contributed by atoms with E-state index in [1.165, 1.54) is 19.4 Å². The summed E-state index contributed by atoms with van der Waals surface area (Å²) in [4.78, 5) is 18.7. The Morgan fingerprint density at radius 2 is 2.05 bits per heavy atom. The van der Waals surface area contributed by atoms with Gasteiger partial charge in [-0.05, 0) is 46.7 Å². The van der Waals surface area contributed by atoms with E-state index in [0.29, 0.717) is 25.1 Å². The third-order valence-corrected chi connectivity index (χ3v) is 4.02. The topological polar surface area (TPSA) is 82.8 Å². The molecule has 0 aliphatic carbocycles. The third kappa shape index (κ3) is 6.68. The zero-order valence-electron chi connectivity index (χ0n) is 14.3. The van der Waals surface area contributed by atoms with Crippen LogP contribution < -0.4 is 16.4 Å². The maximum atomic E-state index is 11.9. The van der Waals surface area contributed by atoms with Crippen molar-refractivity contribution >= 4 is 35.8 Å². The monoisotopic (exact) mass is 425 g/mol. The number of carbonyl (C=O) groups is 1. The summed E-state index contributed by atoms with van der Waals surface area (Å²) in [6.45, 7) is 11.9. The predicted molar refractivity (Wildman–Crippen MR) is 103 cm³/mol. The molecule has 1 unspecified atom stereocenters. The number of hydrogen-bond acceptors (Lipinski definition) is 3. The van der Waals surface area contributed by atoms with Crippen molar-refractivity contribution in [1.29, 1.82) is 0 Å². The Balaban J connectivity index is 0.00000441. The van der Waals surface area contributed by atoms with Crippen molar-refractivity contribution in [3.8, 4) is 0 Å². The molecule has 7 heteroatoms. The van der Waals surface area contributed by atoms with E-state index < -0.39 is 5.41 Å². The van der Waals surface area contributed by atoms with E-state index >= 15 is 0 Å². The maximum Gasteiger partial charge on any atom is 0.227 e. The van der Waals surface area contributed by atoms with Gasteiger partial charge in [0.2, 0.25) is 5.91 Å². The van der Waals surface area contributed by atoms with Crippen molar-refractivity contribution < 1.29 is 4.79 Å². The van der Waals surface area contributed by atoms with Crippen molar-refractivity contribution in [2.24, 2.45) is 16.1 Å². The number of carbonyl (C=O) groups excluding carboxylic acids is 1. The highest BCUT2D eigenvalue weighted by atomic mass is 127. The highest BCUT2D eigenvalue weighted by molar-refractivity contribution is 14.0. The number of nitrogens with two attached hydrogens (primary N) is 1. The molecule has 4 N–H and O–H groups in total. The van der Waals surface area contributed by atoms with Gasteiger partial charge in [0.05, 0.1) is 12.0 Å². The summed E-state index contributed by atoms with van der Waals surface area (Å²) in [6, 6.07) is 0.542. The largest absolute Gasteiger partial charge is 0.370 e. The van der Waals surface area contributed by atoms with E-state index in [-0.39, 0.29) is 29.9 Å². The zero-order valence-corrected chi connectivity index (χ0v) is 16.6. The Bertz CT molecular complexity index is 373. The first kappa shape index (κ1) is 21.4. The number of halogens is 1. The van der Waals surface area contributed by atoms with Crippen LogP contribution in [0.2, 0.25) is 0 Å². The van der Waals surface area contributed by atoms with E-state index in [4.69, 9.17) is 5.73 Å². The molecular weight excluding hydrogens is 393 g/mol. The van der Waals surface area contributed by atoms with E-state index in [1.54, 1.807) is 0 Å². The number of nitrogens with one attached hydrogen (secondary N) is 2. The Morgan fingerprint density at radius 3 is 2.64 bits per heavy atom. The number of aliphatic imine (C=N–C) groups is 1. The maximum absolute atomic E-state index is 11.9. The number of nitrogens with zero attached hydrogens (tertiary/aromatic N) is 2. The molecule has 1 saturated heterocycles. The minimum atomic E-state index is -0.537. The average molecular weight is 425 g/mol. The Morgan fingerprint density at radius 1 is 1.36 bits per heavy atom. The number of guanidine groups is 1. The molecule has 0 saturated carbocycles. The summed E-state index contributed by atoms with van der Waals surface area (Å²) in [7, 11) is 0. The minimum absolute atomic E-state index is 0. The molecular formula is C15H32IN5O. The second-order valence-corrected chi connectivity index (χ2v) is 6.25. The van der Waals surface area contributed by atoms with Crippen LogP contribution in [0.25, 0.3) is 0 Å². The summed E-state index contributed by atoms with van der Waals surface area (Å²) < 4.78 is 0. The fourth-order valence-corrected chi connectivity index (χ4v) is 2.58. The van der Waals surface area contributed by atoms with Crippen LogP contribution in [0.5, 0.6) is 0 Å². The van der Waals surface area contributed by atoms with Gasteiger partial charge in [0, 0.05) is 19.1 Å². The molecule has 1 aliphatic heterocycles. The van der Waals surface area contributed by atoms with Crippen molar-refractivity contribution in [2.45, 2.75) is 46.6 Å². The second kappa shape index (κ2) is 10.3. The van der Waals surface area contributed by atoms with Gasteiger partial charge in [0.15, 0.2) is 5.96 Å². The molecule has 1 heterocycles. The van der Waals surface area contributed by atoms with Gasteiger partial charge in [-0.1, -0.05) is 6.92 Å².